The molecule has 1 saturated heterocycles. The van der Waals surface area contributed by atoms with Gasteiger partial charge in [-0.05, 0) is 32.9 Å². The first-order chi connectivity index (χ1) is 13.1. The summed E-state index contributed by atoms with van der Waals surface area (Å²) >= 11 is 0. The largest absolute Gasteiger partial charge is 0.496 e. The van der Waals surface area contributed by atoms with E-state index in [-0.39, 0.29) is 12.3 Å². The zero-order chi connectivity index (χ0) is 21.5. The van der Waals surface area contributed by atoms with Crippen molar-refractivity contribution in [3.63, 3.8) is 0 Å². The van der Waals surface area contributed by atoms with E-state index in [0.29, 0.717) is 11.3 Å². The van der Waals surface area contributed by atoms with Crippen molar-refractivity contribution in [2.24, 2.45) is 0 Å². The van der Waals surface area contributed by atoms with Crippen LogP contribution >= 0.6 is 0 Å². The molecule has 0 saturated carbocycles. The Balaban J connectivity index is 3.16. The molecule has 1 atom stereocenters. The molecule has 0 aliphatic carbocycles. The molecule has 0 N–H and O–H groups in total. The molecule has 1 heterocycles. The molecule has 3 amide bonds. The lowest BCUT2D eigenvalue weighted by molar-refractivity contribution is -0.133. The molecule has 1 rings (SSSR count). The highest BCUT2D eigenvalue weighted by molar-refractivity contribution is 6.11. The molecule has 1 unspecified atom stereocenters. The SMILES string of the molecule is C=C/C=C\C=C\C(=O)CN1C(=O)N(C)C(C)(C(=C)/C(=C\C(C)=C\C)OC)C1=O. The van der Waals surface area contributed by atoms with Gasteiger partial charge in [-0.2, -0.15) is 0 Å². The van der Waals surface area contributed by atoms with Crippen molar-refractivity contribution in [1.82, 2.24) is 9.80 Å². The van der Waals surface area contributed by atoms with Crippen molar-refractivity contribution < 1.29 is 19.1 Å². The summed E-state index contributed by atoms with van der Waals surface area (Å²) in [5.41, 5.74) is -0.0816. The van der Waals surface area contributed by atoms with Gasteiger partial charge in [-0.1, -0.05) is 49.1 Å². The molecular weight excluding hydrogens is 356 g/mol. The highest BCUT2D eigenvalue weighted by Crippen LogP contribution is 2.36. The smallest absolute Gasteiger partial charge is 0.328 e. The van der Waals surface area contributed by atoms with Crippen LogP contribution in [0.25, 0.3) is 0 Å². The lowest BCUT2D eigenvalue weighted by Crippen LogP contribution is -2.47. The zero-order valence-electron chi connectivity index (χ0n) is 17.2. The number of ketones is 1. The summed E-state index contributed by atoms with van der Waals surface area (Å²) in [6, 6.07) is -0.560. The number of carbonyl (C=O) groups is 3. The van der Waals surface area contributed by atoms with Crippen molar-refractivity contribution in [1.29, 1.82) is 0 Å². The number of rotatable bonds is 9. The third kappa shape index (κ3) is 4.57. The number of amides is 3. The second-order valence-corrected chi connectivity index (χ2v) is 6.48. The molecule has 0 aromatic heterocycles. The Bertz CT molecular complexity index is 801. The minimum Gasteiger partial charge on any atom is -0.496 e. The molecule has 28 heavy (non-hydrogen) atoms. The summed E-state index contributed by atoms with van der Waals surface area (Å²) in [6.45, 7) is 12.6. The van der Waals surface area contributed by atoms with E-state index >= 15 is 0 Å². The fourth-order valence-corrected chi connectivity index (χ4v) is 2.65. The number of hydrogen-bond acceptors (Lipinski definition) is 4. The van der Waals surface area contributed by atoms with Crippen molar-refractivity contribution in [2.75, 3.05) is 20.7 Å². The molecule has 0 radical (unpaired) electrons. The third-order valence-corrected chi connectivity index (χ3v) is 4.72. The molecule has 150 valence electrons. The summed E-state index contributed by atoms with van der Waals surface area (Å²) in [5.74, 6) is -0.492. The maximum absolute atomic E-state index is 13.1. The second-order valence-electron chi connectivity index (χ2n) is 6.48. The van der Waals surface area contributed by atoms with Crippen LogP contribution in [0.5, 0.6) is 0 Å². The molecule has 1 aliphatic heterocycles. The summed E-state index contributed by atoms with van der Waals surface area (Å²) in [4.78, 5) is 40.1. The molecule has 1 fully saturated rings. The summed E-state index contributed by atoms with van der Waals surface area (Å²) in [6.07, 6.45) is 11.3. The first kappa shape index (κ1) is 22.9. The van der Waals surface area contributed by atoms with Crippen LogP contribution in [-0.4, -0.2) is 53.8 Å². The maximum atomic E-state index is 13.1. The van der Waals surface area contributed by atoms with Crippen LogP contribution in [0.3, 0.4) is 0 Å². The average molecular weight is 384 g/mol. The average Bonchev–Trinajstić information content (AvgIpc) is 2.84. The Morgan fingerprint density at radius 1 is 1.25 bits per heavy atom. The number of allylic oxidation sites excluding steroid dienone is 7. The molecule has 0 bridgehead atoms. The fraction of sp³-hybridized carbons (Fsp3) is 0.318. The van der Waals surface area contributed by atoms with Gasteiger partial charge in [0.15, 0.2) is 5.78 Å². The van der Waals surface area contributed by atoms with E-state index in [1.807, 2.05) is 19.9 Å². The van der Waals surface area contributed by atoms with Gasteiger partial charge in [0, 0.05) is 12.6 Å². The van der Waals surface area contributed by atoms with Crippen LogP contribution in [0.2, 0.25) is 0 Å². The van der Waals surface area contributed by atoms with Crippen LogP contribution in [0.4, 0.5) is 4.79 Å². The van der Waals surface area contributed by atoms with Crippen LogP contribution < -0.4 is 0 Å². The van der Waals surface area contributed by atoms with E-state index < -0.39 is 17.5 Å². The Labute approximate surface area is 166 Å². The minimum absolute atomic E-state index is 0.344. The summed E-state index contributed by atoms with van der Waals surface area (Å²) < 4.78 is 5.40. The fourth-order valence-electron chi connectivity index (χ4n) is 2.65. The van der Waals surface area contributed by atoms with Gasteiger partial charge in [0.1, 0.15) is 11.3 Å². The Hall–Kier alpha value is -3.15. The molecule has 1 aliphatic rings. The number of urea groups is 1. The quantitative estimate of drug-likeness (QED) is 0.264. The predicted octanol–water partition coefficient (Wildman–Crippen LogP) is 3.56. The van der Waals surface area contributed by atoms with Gasteiger partial charge in [-0.25, -0.2) is 4.79 Å². The Morgan fingerprint density at radius 2 is 1.89 bits per heavy atom. The predicted molar refractivity (Wildman–Crippen MR) is 110 cm³/mol. The van der Waals surface area contributed by atoms with Crippen molar-refractivity contribution in [3.05, 3.63) is 72.6 Å². The van der Waals surface area contributed by atoms with E-state index in [0.717, 1.165) is 10.5 Å². The van der Waals surface area contributed by atoms with Crippen LogP contribution in [0, 0.1) is 0 Å². The maximum Gasteiger partial charge on any atom is 0.328 e. The summed E-state index contributed by atoms with van der Waals surface area (Å²) in [5, 5.41) is 0. The molecule has 6 heteroatoms. The first-order valence-corrected chi connectivity index (χ1v) is 8.81. The first-order valence-electron chi connectivity index (χ1n) is 8.81. The van der Waals surface area contributed by atoms with Gasteiger partial charge in [-0.15, -0.1) is 0 Å². The third-order valence-electron chi connectivity index (χ3n) is 4.72. The van der Waals surface area contributed by atoms with Crippen LogP contribution in [0.15, 0.2) is 72.6 Å². The van der Waals surface area contributed by atoms with E-state index in [4.69, 9.17) is 4.74 Å². The van der Waals surface area contributed by atoms with E-state index in [1.165, 1.54) is 31.2 Å². The Kier molecular flexibility index (Phi) is 7.92. The number of hydrogen-bond donors (Lipinski definition) is 0. The standard InChI is InChI=1S/C22H28N2O4/c1-8-10-11-12-13-18(25)15-24-20(26)22(5,23(6)21(24)27)17(4)19(28-7)14-16(3)9-2/h8-14H,1,4,15H2,2-3,5-7H3/b11-10-,13-12+,16-9+,19-14+. The Morgan fingerprint density at radius 3 is 2.43 bits per heavy atom. The highest BCUT2D eigenvalue weighted by Gasteiger charge is 2.55. The highest BCUT2D eigenvalue weighted by atomic mass is 16.5. The molecule has 0 aromatic rings. The van der Waals surface area contributed by atoms with E-state index in [2.05, 4.69) is 13.2 Å². The molecule has 0 spiro atoms. The molecular formula is C22H28N2O4. The number of imide groups is 1. The van der Waals surface area contributed by atoms with Gasteiger partial charge < -0.3 is 9.64 Å². The van der Waals surface area contributed by atoms with Crippen molar-refractivity contribution in [2.45, 2.75) is 26.3 Å². The van der Waals surface area contributed by atoms with E-state index in [9.17, 15) is 14.4 Å². The summed E-state index contributed by atoms with van der Waals surface area (Å²) in [7, 11) is 2.99. The van der Waals surface area contributed by atoms with Gasteiger partial charge in [0.05, 0.1) is 13.7 Å². The van der Waals surface area contributed by atoms with Gasteiger partial charge in [0.25, 0.3) is 5.91 Å². The van der Waals surface area contributed by atoms with Gasteiger partial charge in [0.2, 0.25) is 0 Å². The molecule has 6 nitrogen and oxygen atoms in total. The van der Waals surface area contributed by atoms with Gasteiger partial charge >= 0.3 is 6.03 Å². The topological polar surface area (TPSA) is 66.9 Å². The molecule has 0 aromatic carbocycles. The second kappa shape index (κ2) is 9.69. The number of likely N-dealkylation sites (N-methyl/N-ethyl adjacent to an activating group) is 1. The van der Waals surface area contributed by atoms with Crippen LogP contribution in [-0.2, 0) is 14.3 Å². The number of nitrogens with zero attached hydrogens (tertiary/aromatic N) is 2. The minimum atomic E-state index is -1.35. The van der Waals surface area contributed by atoms with E-state index in [1.54, 1.807) is 31.2 Å². The van der Waals surface area contributed by atoms with Crippen molar-refractivity contribution >= 4 is 17.7 Å². The lowest BCUT2D eigenvalue weighted by Gasteiger charge is -2.31. The number of ether oxygens (including phenoxy) is 1. The number of carbonyl (C=O) groups excluding carboxylic acids is 3. The normalized spacial score (nSPS) is 21.2. The monoisotopic (exact) mass is 384 g/mol. The number of methoxy groups -OCH3 is 1. The van der Waals surface area contributed by atoms with Gasteiger partial charge in [-0.3, -0.25) is 14.5 Å². The van der Waals surface area contributed by atoms with Crippen molar-refractivity contribution in [3.8, 4) is 0 Å². The lowest BCUT2D eigenvalue weighted by atomic mass is 9.89. The zero-order valence-corrected chi connectivity index (χ0v) is 17.2. The van der Waals surface area contributed by atoms with Crippen LogP contribution in [0.1, 0.15) is 20.8 Å².